The van der Waals surface area contributed by atoms with Gasteiger partial charge in [-0.3, -0.25) is 14.4 Å². The summed E-state index contributed by atoms with van der Waals surface area (Å²) in [5.74, 6) is -0.0179. The van der Waals surface area contributed by atoms with Crippen LogP contribution in [0.15, 0.2) is 30.3 Å². The summed E-state index contributed by atoms with van der Waals surface area (Å²) in [6.07, 6.45) is 2.07. The summed E-state index contributed by atoms with van der Waals surface area (Å²) in [4.78, 5) is 15.0. The van der Waals surface area contributed by atoms with Gasteiger partial charge in [0.05, 0.1) is 31.0 Å². The Bertz CT molecular complexity index is 736. The standard InChI is InChI=1S/C21H30N4O2/c1-17-20(18(2)25(23-17)16-19-8-4-3-5-9-19)21(26)22-10-6-7-11-24-12-14-27-15-13-24/h3-5,8-9H,6-7,10-16H2,1-2H3,(H,22,26). The van der Waals surface area contributed by atoms with Gasteiger partial charge in [0.25, 0.3) is 5.91 Å². The monoisotopic (exact) mass is 370 g/mol. The van der Waals surface area contributed by atoms with Crippen LogP contribution >= 0.6 is 0 Å². The van der Waals surface area contributed by atoms with E-state index in [2.05, 4.69) is 27.4 Å². The molecule has 0 bridgehead atoms. The summed E-state index contributed by atoms with van der Waals surface area (Å²) in [6, 6.07) is 10.2. The van der Waals surface area contributed by atoms with E-state index in [-0.39, 0.29) is 5.91 Å². The summed E-state index contributed by atoms with van der Waals surface area (Å²) in [7, 11) is 0. The van der Waals surface area contributed by atoms with Gasteiger partial charge in [-0.15, -0.1) is 0 Å². The van der Waals surface area contributed by atoms with Crippen molar-refractivity contribution in [3.05, 3.63) is 52.8 Å². The molecule has 0 atom stereocenters. The molecule has 0 aliphatic carbocycles. The molecule has 146 valence electrons. The van der Waals surface area contributed by atoms with E-state index in [1.807, 2.05) is 36.7 Å². The Labute approximate surface area is 161 Å². The third-order valence-electron chi connectivity index (χ3n) is 5.07. The van der Waals surface area contributed by atoms with Gasteiger partial charge in [0.1, 0.15) is 0 Å². The van der Waals surface area contributed by atoms with Gasteiger partial charge in [-0.25, -0.2) is 0 Å². The van der Waals surface area contributed by atoms with Gasteiger partial charge < -0.3 is 10.1 Å². The summed E-state index contributed by atoms with van der Waals surface area (Å²) >= 11 is 0. The molecular formula is C21H30N4O2. The second kappa shape index (κ2) is 9.67. The third kappa shape index (κ3) is 5.40. The summed E-state index contributed by atoms with van der Waals surface area (Å²) in [6.45, 7) is 10.0. The number of nitrogens with zero attached hydrogens (tertiary/aromatic N) is 3. The number of unbranched alkanes of at least 4 members (excludes halogenated alkanes) is 1. The molecule has 27 heavy (non-hydrogen) atoms. The fourth-order valence-electron chi connectivity index (χ4n) is 3.51. The maximum absolute atomic E-state index is 12.6. The maximum atomic E-state index is 12.6. The van der Waals surface area contributed by atoms with Crippen LogP contribution in [-0.4, -0.2) is 60.0 Å². The van der Waals surface area contributed by atoms with Crippen molar-refractivity contribution in [2.24, 2.45) is 0 Å². The number of hydrogen-bond donors (Lipinski definition) is 1. The fourth-order valence-corrected chi connectivity index (χ4v) is 3.51. The second-order valence-electron chi connectivity index (χ2n) is 7.11. The molecule has 6 heteroatoms. The zero-order valence-corrected chi connectivity index (χ0v) is 16.4. The smallest absolute Gasteiger partial charge is 0.255 e. The van der Waals surface area contributed by atoms with Gasteiger partial charge in [-0.05, 0) is 38.8 Å². The van der Waals surface area contributed by atoms with Crippen molar-refractivity contribution in [2.75, 3.05) is 39.4 Å². The van der Waals surface area contributed by atoms with Gasteiger partial charge in [0, 0.05) is 25.3 Å². The zero-order valence-electron chi connectivity index (χ0n) is 16.4. The van der Waals surface area contributed by atoms with Crippen molar-refractivity contribution in [3.8, 4) is 0 Å². The quantitative estimate of drug-likeness (QED) is 0.725. The number of benzene rings is 1. The number of aryl methyl sites for hydroxylation is 1. The van der Waals surface area contributed by atoms with Gasteiger partial charge in [-0.1, -0.05) is 30.3 Å². The van der Waals surface area contributed by atoms with Crippen LogP contribution < -0.4 is 5.32 Å². The first kappa shape index (κ1) is 19.6. The van der Waals surface area contributed by atoms with E-state index < -0.39 is 0 Å². The lowest BCUT2D eigenvalue weighted by atomic mass is 10.1. The van der Waals surface area contributed by atoms with E-state index in [0.717, 1.165) is 57.1 Å². The van der Waals surface area contributed by atoms with Crippen LogP contribution in [0.5, 0.6) is 0 Å². The third-order valence-corrected chi connectivity index (χ3v) is 5.07. The van der Waals surface area contributed by atoms with Crippen LogP contribution in [0, 0.1) is 13.8 Å². The Kier molecular flexibility index (Phi) is 7.01. The molecule has 1 fully saturated rings. The van der Waals surface area contributed by atoms with Crippen molar-refractivity contribution in [2.45, 2.75) is 33.2 Å². The molecule has 2 aromatic rings. The van der Waals surface area contributed by atoms with Gasteiger partial charge in [-0.2, -0.15) is 5.10 Å². The number of rotatable bonds is 8. The molecule has 0 radical (unpaired) electrons. The van der Waals surface area contributed by atoms with E-state index in [9.17, 15) is 4.79 Å². The van der Waals surface area contributed by atoms with Crippen molar-refractivity contribution >= 4 is 5.91 Å². The molecule has 2 heterocycles. The van der Waals surface area contributed by atoms with E-state index in [1.165, 1.54) is 5.56 Å². The van der Waals surface area contributed by atoms with E-state index >= 15 is 0 Å². The zero-order chi connectivity index (χ0) is 19.1. The molecule has 1 aromatic carbocycles. The Morgan fingerprint density at radius 3 is 2.63 bits per heavy atom. The molecule has 1 saturated heterocycles. The lowest BCUT2D eigenvalue weighted by Crippen LogP contribution is -2.37. The van der Waals surface area contributed by atoms with Crippen molar-refractivity contribution in [3.63, 3.8) is 0 Å². The first-order valence-corrected chi connectivity index (χ1v) is 9.81. The molecular weight excluding hydrogens is 340 g/mol. The molecule has 0 saturated carbocycles. The van der Waals surface area contributed by atoms with Gasteiger partial charge >= 0.3 is 0 Å². The lowest BCUT2D eigenvalue weighted by Gasteiger charge is -2.26. The molecule has 0 spiro atoms. The lowest BCUT2D eigenvalue weighted by molar-refractivity contribution is 0.0372. The summed E-state index contributed by atoms with van der Waals surface area (Å²) < 4.78 is 7.28. The van der Waals surface area contributed by atoms with Gasteiger partial charge in [0.15, 0.2) is 0 Å². The number of ether oxygens (including phenoxy) is 1. The summed E-state index contributed by atoms with van der Waals surface area (Å²) in [5, 5.41) is 7.63. The van der Waals surface area contributed by atoms with Crippen LogP contribution in [0.1, 0.15) is 40.2 Å². The number of nitrogens with one attached hydrogen (secondary N) is 1. The average molecular weight is 370 g/mol. The van der Waals surface area contributed by atoms with Crippen molar-refractivity contribution < 1.29 is 9.53 Å². The molecule has 3 rings (SSSR count). The van der Waals surface area contributed by atoms with Crippen molar-refractivity contribution in [1.82, 2.24) is 20.0 Å². The van der Waals surface area contributed by atoms with E-state index in [1.54, 1.807) is 0 Å². The minimum Gasteiger partial charge on any atom is -0.379 e. The minimum atomic E-state index is -0.0179. The predicted molar refractivity (Wildman–Crippen MR) is 106 cm³/mol. The number of carbonyl (C=O) groups excluding carboxylic acids is 1. The van der Waals surface area contributed by atoms with Crippen LogP contribution in [0.3, 0.4) is 0 Å². The predicted octanol–water partition coefficient (Wildman–Crippen LogP) is 2.39. The average Bonchev–Trinajstić information content (AvgIpc) is 2.96. The Hall–Kier alpha value is -2.18. The SMILES string of the molecule is Cc1nn(Cc2ccccc2)c(C)c1C(=O)NCCCCN1CCOCC1. The van der Waals surface area contributed by atoms with Gasteiger partial charge in [0.2, 0.25) is 0 Å². The molecule has 1 aromatic heterocycles. The molecule has 1 aliphatic rings. The molecule has 1 aliphatic heterocycles. The number of amides is 1. The number of hydrogen-bond acceptors (Lipinski definition) is 4. The molecule has 1 N–H and O–H groups in total. The first-order valence-electron chi connectivity index (χ1n) is 9.81. The highest BCUT2D eigenvalue weighted by Crippen LogP contribution is 2.15. The highest BCUT2D eigenvalue weighted by Gasteiger charge is 2.18. The van der Waals surface area contributed by atoms with Crippen LogP contribution in [0.4, 0.5) is 0 Å². The highest BCUT2D eigenvalue weighted by atomic mass is 16.5. The number of morpholine rings is 1. The normalized spacial score (nSPS) is 15.0. The Balaban J connectivity index is 1.47. The Morgan fingerprint density at radius 1 is 1.15 bits per heavy atom. The van der Waals surface area contributed by atoms with Crippen LogP contribution in [0.25, 0.3) is 0 Å². The fraction of sp³-hybridized carbons (Fsp3) is 0.524. The molecule has 0 unspecified atom stereocenters. The topological polar surface area (TPSA) is 59.4 Å². The van der Waals surface area contributed by atoms with E-state index in [0.29, 0.717) is 18.7 Å². The Morgan fingerprint density at radius 2 is 1.89 bits per heavy atom. The number of aromatic nitrogens is 2. The highest BCUT2D eigenvalue weighted by molar-refractivity contribution is 5.96. The van der Waals surface area contributed by atoms with Crippen LogP contribution in [-0.2, 0) is 11.3 Å². The minimum absolute atomic E-state index is 0.0179. The second-order valence-corrected chi connectivity index (χ2v) is 7.11. The van der Waals surface area contributed by atoms with E-state index in [4.69, 9.17) is 4.74 Å². The first-order chi connectivity index (χ1) is 13.1. The number of carbonyl (C=O) groups is 1. The summed E-state index contributed by atoms with van der Waals surface area (Å²) in [5.41, 5.74) is 3.59. The van der Waals surface area contributed by atoms with Crippen LogP contribution in [0.2, 0.25) is 0 Å². The molecule has 1 amide bonds. The largest absolute Gasteiger partial charge is 0.379 e. The maximum Gasteiger partial charge on any atom is 0.255 e. The van der Waals surface area contributed by atoms with Crippen molar-refractivity contribution in [1.29, 1.82) is 0 Å². The molecule has 6 nitrogen and oxygen atoms in total.